The number of hydrogen-bond donors (Lipinski definition) is 1. The Morgan fingerprint density at radius 3 is 2.49 bits per heavy atom. The molecular weight excluding hydrogens is 493 g/mol. The highest BCUT2D eigenvalue weighted by atomic mass is 19.1. The number of benzene rings is 3. The van der Waals surface area contributed by atoms with E-state index < -0.39 is 0 Å². The smallest absolute Gasteiger partial charge is 0.254 e. The molecule has 0 aromatic heterocycles. The minimum Gasteiger partial charge on any atom is -0.508 e. The van der Waals surface area contributed by atoms with Gasteiger partial charge in [-0.3, -0.25) is 14.6 Å². The fraction of sp³-hybridized carbons (Fsp3) is 0.375. The van der Waals surface area contributed by atoms with Crippen LogP contribution in [0.5, 0.6) is 5.75 Å². The lowest BCUT2D eigenvalue weighted by atomic mass is 9.92. The van der Waals surface area contributed by atoms with Gasteiger partial charge in [0.25, 0.3) is 5.91 Å². The number of phenols is 1. The highest BCUT2D eigenvalue weighted by Crippen LogP contribution is 2.35. The maximum atomic E-state index is 13.8. The largest absolute Gasteiger partial charge is 0.508 e. The number of rotatable bonds is 7. The van der Waals surface area contributed by atoms with Crippen LogP contribution in [0.25, 0.3) is 0 Å². The van der Waals surface area contributed by atoms with Crippen LogP contribution in [-0.4, -0.2) is 69.8 Å². The summed E-state index contributed by atoms with van der Waals surface area (Å²) in [4.78, 5) is 31.4. The summed E-state index contributed by atoms with van der Waals surface area (Å²) >= 11 is 0. The van der Waals surface area contributed by atoms with Crippen molar-refractivity contribution in [2.75, 3.05) is 19.6 Å². The molecule has 2 fully saturated rings. The van der Waals surface area contributed by atoms with E-state index in [-0.39, 0.29) is 41.6 Å². The summed E-state index contributed by atoms with van der Waals surface area (Å²) < 4.78 is 13.8. The Morgan fingerprint density at radius 2 is 1.74 bits per heavy atom. The first-order valence-corrected chi connectivity index (χ1v) is 13.7. The molecule has 0 radical (unpaired) electrons. The number of phenolic OH excluding ortho intramolecular Hbond substituents is 1. The average Bonchev–Trinajstić information content (AvgIpc) is 3.40. The SMILES string of the molecule is C[C@@H]1CN([C@@H](c2cccc(O)c2)c2cccc(C(=O)N3CCC[C@H]3C=O)c2)[C@@H](C)CN1Cc1cccc(F)c1. The lowest BCUT2D eigenvalue weighted by Gasteiger charge is -2.47. The Balaban J connectivity index is 1.45. The Kier molecular flexibility index (Phi) is 8.10. The molecular formula is C32H36FN3O3. The maximum Gasteiger partial charge on any atom is 0.254 e. The number of likely N-dealkylation sites (tertiary alicyclic amines) is 1. The molecule has 5 rings (SSSR count). The zero-order valence-corrected chi connectivity index (χ0v) is 22.5. The van der Waals surface area contributed by atoms with Gasteiger partial charge in [-0.1, -0.05) is 36.4 Å². The summed E-state index contributed by atoms with van der Waals surface area (Å²) in [6.45, 7) is 7.18. The van der Waals surface area contributed by atoms with E-state index in [0.717, 1.165) is 42.5 Å². The molecule has 204 valence electrons. The standard InChI is InChI=1S/C32H36FN3O3/c1-22-19-36(23(2)18-34(22)20-24-7-3-11-28(33)15-24)31(26-9-5-13-30(38)17-26)25-8-4-10-27(16-25)32(39)35-14-6-12-29(35)21-37/h3-5,7-11,13,15-17,21-23,29,31,38H,6,12,14,18-20H2,1-2H3/t22-,23+,29+,31-/m1/s1. The fourth-order valence-corrected chi connectivity index (χ4v) is 6.14. The van der Waals surface area contributed by atoms with Crippen LogP contribution in [-0.2, 0) is 11.3 Å². The zero-order valence-electron chi connectivity index (χ0n) is 22.5. The quantitative estimate of drug-likeness (QED) is 0.436. The third-order valence-corrected chi connectivity index (χ3v) is 8.12. The van der Waals surface area contributed by atoms with E-state index >= 15 is 0 Å². The number of carbonyl (C=O) groups excluding carboxylic acids is 2. The summed E-state index contributed by atoms with van der Waals surface area (Å²) in [6, 6.07) is 21.6. The van der Waals surface area contributed by atoms with Gasteiger partial charge < -0.3 is 14.8 Å². The Bertz CT molecular complexity index is 1330. The number of nitrogens with zero attached hydrogens (tertiary/aromatic N) is 3. The lowest BCUT2D eigenvalue weighted by molar-refractivity contribution is -0.111. The number of aldehydes is 1. The van der Waals surface area contributed by atoms with Gasteiger partial charge in [-0.25, -0.2) is 4.39 Å². The third kappa shape index (κ3) is 5.89. The summed E-state index contributed by atoms with van der Waals surface area (Å²) in [6.07, 6.45) is 2.41. The molecule has 0 bridgehead atoms. The second-order valence-corrected chi connectivity index (χ2v) is 10.9. The topological polar surface area (TPSA) is 64.1 Å². The van der Waals surface area contributed by atoms with Gasteiger partial charge in [-0.2, -0.15) is 0 Å². The molecule has 0 spiro atoms. The number of hydrogen-bond acceptors (Lipinski definition) is 5. The first-order valence-electron chi connectivity index (χ1n) is 13.7. The molecule has 1 N–H and O–H groups in total. The van der Waals surface area contributed by atoms with E-state index in [0.29, 0.717) is 25.1 Å². The minimum atomic E-state index is -0.366. The van der Waals surface area contributed by atoms with Crippen molar-refractivity contribution in [3.63, 3.8) is 0 Å². The Labute approximate surface area is 229 Å². The van der Waals surface area contributed by atoms with Crippen molar-refractivity contribution in [1.29, 1.82) is 0 Å². The second kappa shape index (κ2) is 11.7. The van der Waals surface area contributed by atoms with Crippen LogP contribution in [0.2, 0.25) is 0 Å². The molecule has 3 aromatic carbocycles. The molecule has 0 saturated carbocycles. The maximum absolute atomic E-state index is 13.8. The predicted octanol–water partition coefficient (Wildman–Crippen LogP) is 5.02. The lowest BCUT2D eigenvalue weighted by Crippen LogP contribution is -2.56. The van der Waals surface area contributed by atoms with Gasteiger partial charge in [-0.15, -0.1) is 0 Å². The van der Waals surface area contributed by atoms with Crippen LogP contribution < -0.4 is 0 Å². The van der Waals surface area contributed by atoms with Gasteiger partial charge in [0.2, 0.25) is 0 Å². The predicted molar refractivity (Wildman–Crippen MR) is 149 cm³/mol. The van der Waals surface area contributed by atoms with Crippen LogP contribution in [0.3, 0.4) is 0 Å². The van der Waals surface area contributed by atoms with Gasteiger partial charge in [0.15, 0.2) is 0 Å². The van der Waals surface area contributed by atoms with Crippen molar-refractivity contribution in [2.24, 2.45) is 0 Å². The van der Waals surface area contributed by atoms with Gasteiger partial charge in [0, 0.05) is 43.8 Å². The molecule has 0 aliphatic carbocycles. The molecule has 2 heterocycles. The summed E-state index contributed by atoms with van der Waals surface area (Å²) in [5.41, 5.74) is 3.43. The van der Waals surface area contributed by atoms with Crippen molar-refractivity contribution < 1.29 is 19.1 Å². The van der Waals surface area contributed by atoms with E-state index in [9.17, 15) is 19.1 Å². The second-order valence-electron chi connectivity index (χ2n) is 10.9. The molecule has 6 nitrogen and oxygen atoms in total. The van der Waals surface area contributed by atoms with Crippen LogP contribution >= 0.6 is 0 Å². The number of halogens is 1. The van der Waals surface area contributed by atoms with Gasteiger partial charge in [0.1, 0.15) is 17.9 Å². The Morgan fingerprint density at radius 1 is 1.00 bits per heavy atom. The van der Waals surface area contributed by atoms with Gasteiger partial charge in [0.05, 0.1) is 12.1 Å². The van der Waals surface area contributed by atoms with Crippen LogP contribution in [0, 0.1) is 5.82 Å². The molecule has 1 amide bonds. The van der Waals surface area contributed by atoms with E-state index in [1.165, 1.54) is 6.07 Å². The first kappa shape index (κ1) is 27.0. The summed E-state index contributed by atoms with van der Waals surface area (Å²) in [5, 5.41) is 10.3. The minimum absolute atomic E-state index is 0.123. The first-order chi connectivity index (χ1) is 18.8. The van der Waals surface area contributed by atoms with E-state index in [1.807, 2.05) is 42.5 Å². The van der Waals surface area contributed by atoms with Crippen molar-refractivity contribution in [2.45, 2.75) is 57.4 Å². The van der Waals surface area contributed by atoms with Crippen molar-refractivity contribution >= 4 is 12.2 Å². The van der Waals surface area contributed by atoms with Crippen molar-refractivity contribution in [1.82, 2.24) is 14.7 Å². The van der Waals surface area contributed by atoms with E-state index in [1.54, 1.807) is 29.2 Å². The molecule has 2 aliphatic rings. The van der Waals surface area contributed by atoms with Crippen molar-refractivity contribution in [3.8, 4) is 5.75 Å². The van der Waals surface area contributed by atoms with Crippen LogP contribution in [0.15, 0.2) is 72.8 Å². The highest BCUT2D eigenvalue weighted by Gasteiger charge is 2.36. The molecule has 0 unspecified atom stereocenters. The van der Waals surface area contributed by atoms with Gasteiger partial charge in [-0.05, 0) is 79.8 Å². The number of amides is 1. The molecule has 2 aliphatic heterocycles. The molecule has 7 heteroatoms. The zero-order chi connectivity index (χ0) is 27.5. The Hall–Kier alpha value is -3.55. The van der Waals surface area contributed by atoms with Crippen molar-refractivity contribution in [3.05, 3.63) is 101 Å². The summed E-state index contributed by atoms with van der Waals surface area (Å²) in [5.74, 6) is -0.151. The van der Waals surface area contributed by atoms with Crippen LogP contribution in [0.4, 0.5) is 4.39 Å². The number of piperazine rings is 1. The monoisotopic (exact) mass is 529 g/mol. The highest BCUT2D eigenvalue weighted by molar-refractivity contribution is 5.96. The number of aromatic hydroxyl groups is 1. The van der Waals surface area contributed by atoms with Gasteiger partial charge >= 0.3 is 0 Å². The average molecular weight is 530 g/mol. The molecule has 3 aromatic rings. The van der Waals surface area contributed by atoms with E-state index in [2.05, 4.69) is 23.6 Å². The van der Waals surface area contributed by atoms with E-state index in [4.69, 9.17) is 0 Å². The third-order valence-electron chi connectivity index (χ3n) is 8.12. The normalized spacial score (nSPS) is 23.1. The fourth-order valence-electron chi connectivity index (χ4n) is 6.14. The molecule has 39 heavy (non-hydrogen) atoms. The summed E-state index contributed by atoms with van der Waals surface area (Å²) in [7, 11) is 0. The number of carbonyl (C=O) groups is 2. The van der Waals surface area contributed by atoms with Crippen LogP contribution in [0.1, 0.15) is 59.8 Å². The molecule has 2 saturated heterocycles. The molecule has 4 atom stereocenters.